The van der Waals surface area contributed by atoms with Crippen molar-refractivity contribution in [1.29, 1.82) is 0 Å². The van der Waals surface area contributed by atoms with Crippen LogP contribution >= 0.6 is 0 Å². The van der Waals surface area contributed by atoms with Crippen molar-refractivity contribution in [1.82, 2.24) is 14.9 Å². The summed E-state index contributed by atoms with van der Waals surface area (Å²) < 4.78 is 0. The molecule has 0 bridgehead atoms. The van der Waals surface area contributed by atoms with E-state index in [1.807, 2.05) is 12.1 Å². The van der Waals surface area contributed by atoms with Crippen molar-refractivity contribution in [2.45, 2.75) is 56.9 Å². The molecule has 5 nitrogen and oxygen atoms in total. The number of aromatic amines is 1. The third-order valence-corrected chi connectivity index (χ3v) is 5.94. The molecule has 2 fully saturated rings. The van der Waals surface area contributed by atoms with Crippen LogP contribution in [0.1, 0.15) is 61.6 Å². The molecule has 1 amide bonds. The van der Waals surface area contributed by atoms with E-state index in [1.54, 1.807) is 6.07 Å². The summed E-state index contributed by atoms with van der Waals surface area (Å²) in [6.07, 6.45) is 7.90. The van der Waals surface area contributed by atoms with Gasteiger partial charge in [0.15, 0.2) is 0 Å². The number of carbonyl (C=O) groups is 1. The molecule has 1 saturated heterocycles. The minimum Gasteiger partial charge on any atom is -0.366 e. The Balaban J connectivity index is 1.62. The van der Waals surface area contributed by atoms with E-state index in [1.165, 1.54) is 32.1 Å². The van der Waals surface area contributed by atoms with Gasteiger partial charge in [-0.05, 0) is 37.9 Å². The predicted molar refractivity (Wildman–Crippen MR) is 95.0 cm³/mol. The smallest absolute Gasteiger partial charge is 0.250 e. The number of rotatable bonds is 3. The quantitative estimate of drug-likeness (QED) is 0.910. The maximum Gasteiger partial charge on any atom is 0.250 e. The van der Waals surface area contributed by atoms with Gasteiger partial charge in [-0.3, -0.25) is 9.69 Å². The SMILES string of the molecule is CC1(c2nc3c(C(N)=O)cccc3[nH]2)CCN(C2CCCCC2)C1. The number of aromatic nitrogens is 2. The number of imidazole rings is 1. The second kappa shape index (κ2) is 5.88. The first-order valence-electron chi connectivity index (χ1n) is 9.10. The van der Waals surface area contributed by atoms with Gasteiger partial charge in [0.2, 0.25) is 0 Å². The first kappa shape index (κ1) is 15.6. The van der Waals surface area contributed by atoms with Crippen LogP contribution in [0.15, 0.2) is 18.2 Å². The number of nitrogens with one attached hydrogen (secondary N) is 1. The van der Waals surface area contributed by atoms with Crippen molar-refractivity contribution in [2.24, 2.45) is 5.73 Å². The Morgan fingerprint density at radius 1 is 1.33 bits per heavy atom. The standard InChI is InChI=1S/C19H26N4O/c1-19(10-11-23(12-19)13-6-3-2-4-7-13)18-21-15-9-5-8-14(17(20)24)16(15)22-18/h5,8-9,13H,2-4,6-7,10-12H2,1H3,(H2,20,24)(H,21,22). The zero-order valence-electron chi connectivity index (χ0n) is 14.3. The highest BCUT2D eigenvalue weighted by Crippen LogP contribution is 2.37. The molecule has 2 aromatic rings. The van der Waals surface area contributed by atoms with Gasteiger partial charge in [0.1, 0.15) is 11.3 Å². The van der Waals surface area contributed by atoms with Crippen LogP contribution < -0.4 is 5.73 Å². The van der Waals surface area contributed by atoms with Crippen molar-refractivity contribution < 1.29 is 4.79 Å². The Morgan fingerprint density at radius 2 is 2.12 bits per heavy atom. The molecule has 1 saturated carbocycles. The first-order chi connectivity index (χ1) is 11.6. The number of benzene rings is 1. The first-order valence-corrected chi connectivity index (χ1v) is 9.10. The number of nitrogens with two attached hydrogens (primary N) is 1. The number of primary amides is 1. The van der Waals surface area contributed by atoms with E-state index in [2.05, 4.69) is 16.8 Å². The number of carbonyl (C=O) groups excluding carboxylic acids is 1. The highest BCUT2D eigenvalue weighted by Gasteiger charge is 2.40. The number of para-hydroxylation sites is 1. The minimum absolute atomic E-state index is 0.0192. The molecule has 3 N–H and O–H groups in total. The molecule has 1 aromatic carbocycles. The van der Waals surface area contributed by atoms with Crippen molar-refractivity contribution in [3.8, 4) is 0 Å². The number of H-pyrrole nitrogens is 1. The Bertz CT molecular complexity index is 762. The summed E-state index contributed by atoms with van der Waals surface area (Å²) in [4.78, 5) is 22.5. The summed E-state index contributed by atoms with van der Waals surface area (Å²) in [5.41, 5.74) is 7.62. The van der Waals surface area contributed by atoms with Gasteiger partial charge in [-0.1, -0.05) is 32.3 Å². The molecule has 0 spiro atoms. The average molecular weight is 326 g/mol. The molecule has 5 heteroatoms. The fourth-order valence-electron chi connectivity index (χ4n) is 4.46. The van der Waals surface area contributed by atoms with Crippen LogP contribution in [-0.4, -0.2) is 39.9 Å². The van der Waals surface area contributed by atoms with Gasteiger partial charge in [0.05, 0.1) is 11.1 Å². The number of nitrogens with zero attached hydrogens (tertiary/aromatic N) is 2. The summed E-state index contributed by atoms with van der Waals surface area (Å²) in [7, 11) is 0. The third-order valence-electron chi connectivity index (χ3n) is 5.94. The van der Waals surface area contributed by atoms with Gasteiger partial charge in [-0.2, -0.15) is 0 Å². The van der Waals surface area contributed by atoms with Crippen molar-refractivity contribution in [3.05, 3.63) is 29.6 Å². The molecule has 1 unspecified atom stereocenters. The van der Waals surface area contributed by atoms with Gasteiger partial charge in [-0.25, -0.2) is 4.98 Å². The fraction of sp³-hybridized carbons (Fsp3) is 0.579. The summed E-state index contributed by atoms with van der Waals surface area (Å²) in [5.74, 6) is 0.573. The highest BCUT2D eigenvalue weighted by molar-refractivity contribution is 6.04. The second-order valence-corrected chi connectivity index (χ2v) is 7.72. The summed E-state index contributed by atoms with van der Waals surface area (Å²) in [6.45, 7) is 4.47. The molecule has 1 atom stereocenters. The molecular formula is C19H26N4O. The molecule has 0 radical (unpaired) electrons. The maximum absolute atomic E-state index is 11.6. The van der Waals surface area contributed by atoms with Crippen LogP contribution in [-0.2, 0) is 5.41 Å². The zero-order valence-corrected chi connectivity index (χ0v) is 14.3. The lowest BCUT2D eigenvalue weighted by atomic mass is 9.88. The largest absolute Gasteiger partial charge is 0.366 e. The highest BCUT2D eigenvalue weighted by atomic mass is 16.1. The van der Waals surface area contributed by atoms with E-state index in [0.717, 1.165) is 36.9 Å². The van der Waals surface area contributed by atoms with E-state index in [4.69, 9.17) is 10.7 Å². The summed E-state index contributed by atoms with van der Waals surface area (Å²) in [5, 5.41) is 0. The average Bonchev–Trinajstić information content (AvgIpc) is 3.20. The minimum atomic E-state index is -0.418. The van der Waals surface area contributed by atoms with Crippen LogP contribution in [0.4, 0.5) is 0 Å². The lowest BCUT2D eigenvalue weighted by molar-refractivity contribution is 0.100. The third kappa shape index (κ3) is 2.61. The van der Waals surface area contributed by atoms with Crippen LogP contribution in [0.5, 0.6) is 0 Å². The monoisotopic (exact) mass is 326 g/mol. The van der Waals surface area contributed by atoms with Gasteiger partial charge in [0.25, 0.3) is 5.91 Å². The summed E-state index contributed by atoms with van der Waals surface area (Å²) >= 11 is 0. The van der Waals surface area contributed by atoms with Crippen molar-refractivity contribution in [3.63, 3.8) is 0 Å². The maximum atomic E-state index is 11.6. The van der Waals surface area contributed by atoms with Crippen LogP contribution in [0.2, 0.25) is 0 Å². The number of amides is 1. The Hall–Kier alpha value is -1.88. The van der Waals surface area contributed by atoms with Crippen LogP contribution in [0, 0.1) is 0 Å². The Labute approximate surface area is 142 Å². The van der Waals surface area contributed by atoms with E-state index in [9.17, 15) is 4.79 Å². The van der Waals surface area contributed by atoms with Crippen molar-refractivity contribution in [2.75, 3.05) is 13.1 Å². The number of hydrogen-bond acceptors (Lipinski definition) is 3. The molecule has 1 aliphatic carbocycles. The molecule has 2 aliphatic rings. The molecular weight excluding hydrogens is 300 g/mol. The van der Waals surface area contributed by atoms with Gasteiger partial charge < -0.3 is 10.7 Å². The lowest BCUT2D eigenvalue weighted by Gasteiger charge is -2.32. The topological polar surface area (TPSA) is 75.0 Å². The second-order valence-electron chi connectivity index (χ2n) is 7.72. The van der Waals surface area contributed by atoms with E-state index in [0.29, 0.717) is 11.1 Å². The Kier molecular flexibility index (Phi) is 3.83. The van der Waals surface area contributed by atoms with Crippen LogP contribution in [0.25, 0.3) is 11.0 Å². The lowest BCUT2D eigenvalue weighted by Crippen LogP contribution is -2.37. The summed E-state index contributed by atoms with van der Waals surface area (Å²) in [6, 6.07) is 6.32. The molecule has 1 aromatic heterocycles. The van der Waals surface area contributed by atoms with Gasteiger partial charge in [0, 0.05) is 18.0 Å². The van der Waals surface area contributed by atoms with Gasteiger partial charge in [-0.15, -0.1) is 0 Å². The number of likely N-dealkylation sites (tertiary alicyclic amines) is 1. The molecule has 2 heterocycles. The number of fused-ring (bicyclic) bond motifs is 1. The molecule has 24 heavy (non-hydrogen) atoms. The van der Waals surface area contributed by atoms with Crippen LogP contribution in [0.3, 0.4) is 0 Å². The van der Waals surface area contributed by atoms with E-state index < -0.39 is 5.91 Å². The van der Waals surface area contributed by atoms with Crippen molar-refractivity contribution >= 4 is 16.9 Å². The van der Waals surface area contributed by atoms with E-state index >= 15 is 0 Å². The van der Waals surface area contributed by atoms with Gasteiger partial charge >= 0.3 is 0 Å². The number of hydrogen-bond donors (Lipinski definition) is 2. The van der Waals surface area contributed by atoms with E-state index in [-0.39, 0.29) is 5.41 Å². The zero-order chi connectivity index (χ0) is 16.7. The normalized spacial score (nSPS) is 26.2. The fourth-order valence-corrected chi connectivity index (χ4v) is 4.46. The molecule has 1 aliphatic heterocycles. The molecule has 4 rings (SSSR count). The predicted octanol–water partition coefficient (Wildman–Crippen LogP) is 2.96. The molecule has 128 valence electrons. The Morgan fingerprint density at radius 3 is 2.88 bits per heavy atom.